The van der Waals surface area contributed by atoms with Crippen LogP contribution in [0.4, 0.5) is 5.69 Å². The second-order valence-electron chi connectivity index (χ2n) is 7.91. The molecule has 1 aromatic carbocycles. The third-order valence-electron chi connectivity index (χ3n) is 6.06. The summed E-state index contributed by atoms with van der Waals surface area (Å²) in [6.45, 7) is 14.5. The second kappa shape index (κ2) is 11.6. The molecule has 0 saturated carbocycles. The lowest BCUT2D eigenvalue weighted by Crippen LogP contribution is -2.52. The predicted octanol–water partition coefficient (Wildman–Crippen LogP) is 2.46. The average molecular weight is 421 g/mol. The maximum atomic E-state index is 6.14. The second-order valence-corrected chi connectivity index (χ2v) is 8.35. The fourth-order valence-corrected chi connectivity index (χ4v) is 4.36. The van der Waals surface area contributed by atoms with Crippen LogP contribution in [0.3, 0.4) is 0 Å². The summed E-state index contributed by atoms with van der Waals surface area (Å²) < 4.78 is 0. The lowest BCUT2D eigenvalue weighted by atomic mass is 10.2. The van der Waals surface area contributed by atoms with Gasteiger partial charge in [-0.05, 0) is 44.1 Å². The first kappa shape index (κ1) is 22.2. The molecule has 7 heteroatoms. The van der Waals surface area contributed by atoms with Crippen molar-refractivity contribution in [2.45, 2.75) is 19.8 Å². The van der Waals surface area contributed by atoms with Gasteiger partial charge in [-0.25, -0.2) is 0 Å². The summed E-state index contributed by atoms with van der Waals surface area (Å²) >= 11 is 6.14. The van der Waals surface area contributed by atoms with E-state index in [0.29, 0.717) is 0 Å². The molecule has 0 atom stereocenters. The Morgan fingerprint density at radius 2 is 1.72 bits per heavy atom. The van der Waals surface area contributed by atoms with Gasteiger partial charge in [-0.3, -0.25) is 4.99 Å². The van der Waals surface area contributed by atoms with Gasteiger partial charge in [-0.15, -0.1) is 0 Å². The van der Waals surface area contributed by atoms with Crippen molar-refractivity contribution < 1.29 is 0 Å². The van der Waals surface area contributed by atoms with E-state index in [4.69, 9.17) is 11.6 Å². The first-order valence-corrected chi connectivity index (χ1v) is 11.5. The Balaban J connectivity index is 1.32. The topological polar surface area (TPSA) is 37.4 Å². The molecule has 2 saturated heterocycles. The Kier molecular flexibility index (Phi) is 8.90. The zero-order valence-electron chi connectivity index (χ0n) is 18.1. The number of aliphatic imine (C=N–C) groups is 1. The number of likely N-dealkylation sites (N-methyl/N-ethyl adjacent to an activating group) is 1. The first-order chi connectivity index (χ1) is 14.2. The van der Waals surface area contributed by atoms with Gasteiger partial charge in [0.25, 0.3) is 0 Å². The summed E-state index contributed by atoms with van der Waals surface area (Å²) in [7, 11) is 1.89. The number of unbranched alkanes of at least 4 members (excludes halogenated alkanes) is 1. The number of guanidine groups is 1. The van der Waals surface area contributed by atoms with Gasteiger partial charge in [0.1, 0.15) is 0 Å². The van der Waals surface area contributed by atoms with Crippen LogP contribution >= 0.6 is 11.6 Å². The zero-order valence-corrected chi connectivity index (χ0v) is 18.9. The Bertz CT molecular complexity index is 636. The van der Waals surface area contributed by atoms with E-state index in [2.05, 4.69) is 42.9 Å². The van der Waals surface area contributed by atoms with Crippen LogP contribution in [-0.2, 0) is 0 Å². The molecule has 2 heterocycles. The normalized spacial score (nSPS) is 19.6. The van der Waals surface area contributed by atoms with Crippen LogP contribution in [0.2, 0.25) is 5.02 Å². The smallest absolute Gasteiger partial charge is 0.193 e. The quantitative estimate of drug-likeness (QED) is 0.416. The van der Waals surface area contributed by atoms with Crippen molar-refractivity contribution in [3.05, 3.63) is 29.3 Å². The highest BCUT2D eigenvalue weighted by Gasteiger charge is 2.20. The Morgan fingerprint density at radius 1 is 1.00 bits per heavy atom. The Hall–Kier alpha value is -1.50. The number of benzene rings is 1. The van der Waals surface area contributed by atoms with Crippen molar-refractivity contribution in [3.8, 4) is 0 Å². The number of rotatable bonds is 7. The molecule has 0 spiro atoms. The van der Waals surface area contributed by atoms with Gasteiger partial charge in [-0.2, -0.15) is 0 Å². The summed E-state index contributed by atoms with van der Waals surface area (Å²) in [5.41, 5.74) is 1.21. The summed E-state index contributed by atoms with van der Waals surface area (Å²) in [6, 6.07) is 8.13. The molecule has 3 rings (SSSR count). The summed E-state index contributed by atoms with van der Waals surface area (Å²) in [4.78, 5) is 14.4. The standard InChI is InChI=1S/C22H37ClN6/c1-3-26-11-13-27(14-12-26)10-5-4-9-25-22(24-2)29-17-15-28(16-18-29)21-8-6-7-20(23)19-21/h6-8,19H,3-5,9-18H2,1-2H3,(H,24,25). The van der Waals surface area contributed by atoms with E-state index in [9.17, 15) is 0 Å². The van der Waals surface area contributed by atoms with Crippen LogP contribution < -0.4 is 10.2 Å². The monoisotopic (exact) mass is 420 g/mol. The van der Waals surface area contributed by atoms with Crippen LogP contribution in [-0.4, -0.2) is 99.7 Å². The van der Waals surface area contributed by atoms with Gasteiger partial charge in [0.15, 0.2) is 5.96 Å². The first-order valence-electron chi connectivity index (χ1n) is 11.1. The van der Waals surface area contributed by atoms with E-state index in [1.54, 1.807) is 0 Å². The molecule has 0 aliphatic carbocycles. The van der Waals surface area contributed by atoms with Crippen LogP contribution in [0.25, 0.3) is 0 Å². The van der Waals surface area contributed by atoms with Crippen molar-refractivity contribution in [3.63, 3.8) is 0 Å². The highest BCUT2D eigenvalue weighted by Crippen LogP contribution is 2.20. The molecule has 2 fully saturated rings. The minimum atomic E-state index is 0.801. The molecule has 1 aromatic rings. The van der Waals surface area contributed by atoms with E-state index in [1.807, 2.05) is 25.2 Å². The number of hydrogen-bond donors (Lipinski definition) is 1. The number of nitrogens with zero attached hydrogens (tertiary/aromatic N) is 5. The number of halogens is 1. The molecule has 29 heavy (non-hydrogen) atoms. The van der Waals surface area contributed by atoms with Gasteiger partial charge in [-0.1, -0.05) is 24.6 Å². The number of hydrogen-bond acceptors (Lipinski definition) is 4. The molecule has 2 aliphatic heterocycles. The van der Waals surface area contributed by atoms with Crippen molar-refractivity contribution in [2.24, 2.45) is 4.99 Å². The SMILES string of the molecule is CCN1CCN(CCCCNC(=NC)N2CCN(c3cccc(Cl)c3)CC2)CC1. The average Bonchev–Trinajstić information content (AvgIpc) is 2.77. The highest BCUT2D eigenvalue weighted by atomic mass is 35.5. The van der Waals surface area contributed by atoms with Gasteiger partial charge in [0.05, 0.1) is 0 Å². The number of anilines is 1. The molecular formula is C22H37ClN6. The van der Waals surface area contributed by atoms with Crippen molar-refractivity contribution in [2.75, 3.05) is 83.9 Å². The lowest BCUT2D eigenvalue weighted by molar-refractivity contribution is 0.136. The summed E-state index contributed by atoms with van der Waals surface area (Å²) in [5.74, 6) is 1.03. The van der Waals surface area contributed by atoms with Gasteiger partial charge in [0.2, 0.25) is 0 Å². The third kappa shape index (κ3) is 6.76. The van der Waals surface area contributed by atoms with Crippen LogP contribution in [0.1, 0.15) is 19.8 Å². The Labute approximate surface area is 181 Å². The fraction of sp³-hybridized carbons (Fsp3) is 0.682. The molecule has 0 bridgehead atoms. The van der Waals surface area contributed by atoms with E-state index in [0.717, 1.165) is 43.7 Å². The third-order valence-corrected chi connectivity index (χ3v) is 6.30. The van der Waals surface area contributed by atoms with Crippen LogP contribution in [0.15, 0.2) is 29.3 Å². The number of piperazine rings is 2. The van der Waals surface area contributed by atoms with Crippen molar-refractivity contribution in [1.82, 2.24) is 20.0 Å². The minimum absolute atomic E-state index is 0.801. The molecule has 162 valence electrons. The summed E-state index contributed by atoms with van der Waals surface area (Å²) in [5, 5.41) is 4.37. The maximum absolute atomic E-state index is 6.14. The number of nitrogens with one attached hydrogen (secondary N) is 1. The van der Waals surface area contributed by atoms with Crippen LogP contribution in [0.5, 0.6) is 0 Å². The Morgan fingerprint density at radius 3 is 2.38 bits per heavy atom. The maximum Gasteiger partial charge on any atom is 0.193 e. The molecule has 1 N–H and O–H groups in total. The minimum Gasteiger partial charge on any atom is -0.368 e. The van der Waals surface area contributed by atoms with Gasteiger partial charge in [0, 0.05) is 76.7 Å². The molecule has 0 aromatic heterocycles. The summed E-state index contributed by atoms with van der Waals surface area (Å²) in [6.07, 6.45) is 2.44. The molecule has 2 aliphatic rings. The lowest BCUT2D eigenvalue weighted by Gasteiger charge is -2.37. The van der Waals surface area contributed by atoms with E-state index < -0.39 is 0 Å². The largest absolute Gasteiger partial charge is 0.368 e. The molecule has 0 unspecified atom stereocenters. The zero-order chi connectivity index (χ0) is 20.5. The van der Waals surface area contributed by atoms with E-state index in [1.165, 1.54) is 57.8 Å². The van der Waals surface area contributed by atoms with Crippen LogP contribution in [0, 0.1) is 0 Å². The van der Waals surface area contributed by atoms with Crippen molar-refractivity contribution >= 4 is 23.2 Å². The fourth-order valence-electron chi connectivity index (χ4n) is 4.17. The predicted molar refractivity (Wildman–Crippen MR) is 124 cm³/mol. The van der Waals surface area contributed by atoms with E-state index in [-0.39, 0.29) is 0 Å². The van der Waals surface area contributed by atoms with Gasteiger partial charge < -0.3 is 24.9 Å². The molecular weight excluding hydrogens is 384 g/mol. The molecule has 6 nitrogen and oxygen atoms in total. The highest BCUT2D eigenvalue weighted by molar-refractivity contribution is 6.30. The molecule has 0 radical (unpaired) electrons. The molecule has 0 amide bonds. The van der Waals surface area contributed by atoms with Crippen molar-refractivity contribution in [1.29, 1.82) is 0 Å². The van der Waals surface area contributed by atoms with E-state index >= 15 is 0 Å². The van der Waals surface area contributed by atoms with Gasteiger partial charge >= 0.3 is 0 Å².